The van der Waals surface area contributed by atoms with E-state index in [1.165, 1.54) is 11.1 Å². The van der Waals surface area contributed by atoms with E-state index in [0.29, 0.717) is 24.0 Å². The number of nitrogens with one attached hydrogen (secondary N) is 1. The topological polar surface area (TPSA) is 80.3 Å². The maximum atomic E-state index is 9.93. The Morgan fingerprint density at radius 1 is 0.909 bits per heavy atom. The van der Waals surface area contributed by atoms with Crippen molar-refractivity contribution in [1.29, 1.82) is 0 Å². The van der Waals surface area contributed by atoms with Crippen LogP contribution in [0.5, 0.6) is 11.8 Å². The number of aromatic amines is 1. The summed E-state index contributed by atoms with van der Waals surface area (Å²) in [5, 5.41) is 9.93. The van der Waals surface area contributed by atoms with E-state index in [4.69, 9.17) is 14.4 Å². The largest absolute Gasteiger partial charge is 0.491 e. The number of hydrogen-bond acceptors (Lipinski definition) is 5. The molecule has 6 rings (SSSR count). The number of imidazole rings is 1. The van der Waals surface area contributed by atoms with Crippen LogP contribution in [-0.4, -0.2) is 27.1 Å². The molecule has 6 nitrogen and oxygen atoms in total. The monoisotopic (exact) mass is 433 g/mol. The molecular formula is C26H20BN3O3. The summed E-state index contributed by atoms with van der Waals surface area (Å²) in [5.41, 5.74) is 8.38. The predicted molar refractivity (Wildman–Crippen MR) is 128 cm³/mol. The fourth-order valence-corrected chi connectivity index (χ4v) is 4.18. The number of pyridine rings is 1. The Morgan fingerprint density at radius 3 is 2.48 bits per heavy atom. The van der Waals surface area contributed by atoms with Gasteiger partial charge in [-0.15, -0.1) is 0 Å². The van der Waals surface area contributed by atoms with Gasteiger partial charge in [-0.2, -0.15) is 4.98 Å². The molecule has 33 heavy (non-hydrogen) atoms. The molecule has 160 valence electrons. The van der Waals surface area contributed by atoms with Crippen LogP contribution in [0.15, 0.2) is 78.9 Å². The van der Waals surface area contributed by atoms with Gasteiger partial charge in [0.15, 0.2) is 5.65 Å². The quantitative estimate of drug-likeness (QED) is 0.405. The van der Waals surface area contributed by atoms with E-state index in [9.17, 15) is 5.02 Å². The van der Waals surface area contributed by atoms with Gasteiger partial charge in [0.2, 0.25) is 0 Å². The van der Waals surface area contributed by atoms with Gasteiger partial charge in [0, 0.05) is 5.56 Å². The zero-order chi connectivity index (χ0) is 22.4. The summed E-state index contributed by atoms with van der Waals surface area (Å²) in [6.45, 7) is 2.44. The van der Waals surface area contributed by atoms with Crippen LogP contribution >= 0.6 is 0 Å². The first-order valence-corrected chi connectivity index (χ1v) is 10.8. The number of nitrogens with zero attached hydrogens (tertiary/aromatic N) is 2. The molecule has 0 saturated heterocycles. The van der Waals surface area contributed by atoms with Gasteiger partial charge in [-0.1, -0.05) is 60.7 Å². The van der Waals surface area contributed by atoms with Crippen LogP contribution in [0.1, 0.15) is 11.1 Å². The van der Waals surface area contributed by atoms with Crippen LogP contribution in [0.4, 0.5) is 0 Å². The molecule has 0 amide bonds. The van der Waals surface area contributed by atoms with Crippen LogP contribution < -0.4 is 10.2 Å². The van der Waals surface area contributed by atoms with E-state index >= 15 is 0 Å². The lowest BCUT2D eigenvalue weighted by Crippen LogP contribution is -2.27. The van der Waals surface area contributed by atoms with Crippen molar-refractivity contribution < 1.29 is 14.4 Å². The van der Waals surface area contributed by atoms with Crippen molar-refractivity contribution in [2.45, 2.75) is 13.5 Å². The molecule has 0 fully saturated rings. The van der Waals surface area contributed by atoms with Gasteiger partial charge in [-0.3, -0.25) is 0 Å². The Kier molecular flexibility index (Phi) is 4.71. The normalized spacial score (nSPS) is 12.8. The predicted octanol–water partition coefficient (Wildman–Crippen LogP) is 4.61. The lowest BCUT2D eigenvalue weighted by Gasteiger charge is -2.07. The molecule has 2 N–H and O–H groups in total. The van der Waals surface area contributed by atoms with E-state index in [-0.39, 0.29) is 0 Å². The highest BCUT2D eigenvalue weighted by Crippen LogP contribution is 2.29. The third-order valence-electron chi connectivity index (χ3n) is 5.90. The number of H-pyrrole nitrogens is 1. The number of rotatable bonds is 4. The number of benzene rings is 3. The Hall–Kier alpha value is -3.94. The number of aromatic nitrogens is 3. The maximum Gasteiger partial charge on any atom is 0.491 e. The minimum absolute atomic E-state index is 0.349. The lowest BCUT2D eigenvalue weighted by molar-refractivity contribution is 0.275. The molecule has 0 aliphatic carbocycles. The van der Waals surface area contributed by atoms with Crippen molar-refractivity contribution in [2.75, 3.05) is 0 Å². The van der Waals surface area contributed by atoms with Gasteiger partial charge in [-0.25, -0.2) is 4.98 Å². The second kappa shape index (κ2) is 7.88. The third-order valence-corrected chi connectivity index (χ3v) is 5.90. The SMILES string of the molecule is Cc1cc2[nH]c(Oc3ccc4c(c3)B(O)OC4)nc2nc1-c1ccc(-c2ccccc2)cc1. The van der Waals surface area contributed by atoms with Crippen molar-refractivity contribution in [2.24, 2.45) is 0 Å². The van der Waals surface area contributed by atoms with Gasteiger partial charge in [0.25, 0.3) is 0 Å². The molecule has 2 aromatic heterocycles. The van der Waals surface area contributed by atoms with Crippen LogP contribution in [0, 0.1) is 6.92 Å². The number of aryl methyl sites for hydroxylation is 1. The zero-order valence-electron chi connectivity index (χ0n) is 17.9. The molecule has 5 aromatic rings. The number of ether oxygens (including phenoxy) is 1. The minimum atomic E-state index is -0.917. The summed E-state index contributed by atoms with van der Waals surface area (Å²) in [5.74, 6) is 0.575. The summed E-state index contributed by atoms with van der Waals surface area (Å²) in [4.78, 5) is 12.5. The lowest BCUT2D eigenvalue weighted by atomic mass is 9.79. The van der Waals surface area contributed by atoms with Crippen LogP contribution in [0.3, 0.4) is 0 Å². The molecule has 0 saturated carbocycles. The van der Waals surface area contributed by atoms with Gasteiger partial charge < -0.3 is 19.4 Å². The first kappa shape index (κ1) is 19.7. The second-order valence-electron chi connectivity index (χ2n) is 8.14. The van der Waals surface area contributed by atoms with Crippen molar-refractivity contribution in [3.8, 4) is 34.1 Å². The van der Waals surface area contributed by atoms with E-state index in [2.05, 4.69) is 46.4 Å². The highest BCUT2D eigenvalue weighted by Gasteiger charge is 2.27. The van der Waals surface area contributed by atoms with Crippen LogP contribution in [0.25, 0.3) is 33.5 Å². The molecule has 0 radical (unpaired) electrons. The van der Waals surface area contributed by atoms with E-state index in [1.807, 2.05) is 43.3 Å². The summed E-state index contributed by atoms with van der Waals surface area (Å²) >= 11 is 0. The average molecular weight is 433 g/mol. The van der Waals surface area contributed by atoms with Gasteiger partial charge in [0.05, 0.1) is 17.8 Å². The fourth-order valence-electron chi connectivity index (χ4n) is 4.18. The zero-order valence-corrected chi connectivity index (χ0v) is 17.9. The van der Waals surface area contributed by atoms with Crippen molar-refractivity contribution in [3.63, 3.8) is 0 Å². The van der Waals surface area contributed by atoms with E-state index in [0.717, 1.165) is 33.4 Å². The first-order chi connectivity index (χ1) is 16.1. The highest BCUT2D eigenvalue weighted by atomic mass is 16.5. The van der Waals surface area contributed by atoms with Crippen LogP contribution in [0.2, 0.25) is 0 Å². The summed E-state index contributed by atoms with van der Waals surface area (Å²) in [7, 11) is -0.917. The summed E-state index contributed by atoms with van der Waals surface area (Å²) in [6, 6.07) is 26.6. The Labute approximate surface area is 191 Å². The molecule has 0 spiro atoms. The van der Waals surface area contributed by atoms with Gasteiger partial charge in [-0.05, 0) is 52.8 Å². The molecule has 1 aliphatic rings. The average Bonchev–Trinajstić information content (AvgIpc) is 3.41. The van der Waals surface area contributed by atoms with E-state index < -0.39 is 7.12 Å². The molecule has 0 bridgehead atoms. The minimum Gasteiger partial charge on any atom is -0.426 e. The molecule has 1 aliphatic heterocycles. The molecular weight excluding hydrogens is 413 g/mol. The Morgan fingerprint density at radius 2 is 1.67 bits per heavy atom. The van der Waals surface area contributed by atoms with E-state index in [1.54, 1.807) is 6.07 Å². The van der Waals surface area contributed by atoms with Crippen molar-refractivity contribution in [1.82, 2.24) is 15.0 Å². The molecule has 0 atom stereocenters. The summed E-state index contributed by atoms with van der Waals surface area (Å²) in [6.07, 6.45) is 0. The highest BCUT2D eigenvalue weighted by molar-refractivity contribution is 6.61. The van der Waals surface area contributed by atoms with Crippen LogP contribution in [-0.2, 0) is 11.3 Å². The molecule has 3 aromatic carbocycles. The van der Waals surface area contributed by atoms with Crippen molar-refractivity contribution >= 4 is 23.7 Å². The Bertz CT molecular complexity index is 1470. The fraction of sp³-hybridized carbons (Fsp3) is 0.0769. The standard InChI is InChI=1S/C26H20BN3O3/c1-16-13-23-25(29-24(16)19-9-7-18(8-10-19)17-5-3-2-4-6-17)30-26(28-23)33-21-12-11-20-15-32-27(31)22(20)14-21/h2-14,31H,15H2,1H3,(H,28,29,30). The smallest absolute Gasteiger partial charge is 0.426 e. The molecule has 3 heterocycles. The Balaban J connectivity index is 1.30. The first-order valence-electron chi connectivity index (χ1n) is 10.8. The molecule has 7 heteroatoms. The van der Waals surface area contributed by atoms with Crippen molar-refractivity contribution in [3.05, 3.63) is 90.0 Å². The number of fused-ring (bicyclic) bond motifs is 2. The second-order valence-corrected chi connectivity index (χ2v) is 8.14. The summed E-state index contributed by atoms with van der Waals surface area (Å²) < 4.78 is 11.2. The number of hydrogen-bond donors (Lipinski definition) is 2. The third kappa shape index (κ3) is 3.67. The molecule has 0 unspecified atom stereocenters. The van der Waals surface area contributed by atoms with Gasteiger partial charge >= 0.3 is 13.1 Å². The maximum absolute atomic E-state index is 9.93. The van der Waals surface area contributed by atoms with Gasteiger partial charge in [0.1, 0.15) is 5.75 Å².